The van der Waals surface area contributed by atoms with E-state index in [0.29, 0.717) is 34.5 Å². The summed E-state index contributed by atoms with van der Waals surface area (Å²) < 4.78 is 7.95. The molecule has 0 bridgehead atoms. The van der Waals surface area contributed by atoms with Gasteiger partial charge in [-0.3, -0.25) is 19.3 Å². The molecule has 2 fully saturated rings. The quantitative estimate of drug-likeness (QED) is 0.221. The van der Waals surface area contributed by atoms with E-state index < -0.39 is 0 Å². The first-order valence-corrected chi connectivity index (χ1v) is 12.7. The highest BCUT2D eigenvalue weighted by Crippen LogP contribution is 2.27. The van der Waals surface area contributed by atoms with Crippen LogP contribution < -0.4 is 10.6 Å². The molecule has 0 spiro atoms. The summed E-state index contributed by atoms with van der Waals surface area (Å²) in [5.41, 5.74) is 3.67. The van der Waals surface area contributed by atoms with Crippen molar-refractivity contribution in [3.05, 3.63) is 59.7 Å². The van der Waals surface area contributed by atoms with Gasteiger partial charge in [-0.15, -0.1) is 0 Å². The van der Waals surface area contributed by atoms with Gasteiger partial charge in [0.05, 0.1) is 23.6 Å². The molecule has 2 aliphatic heterocycles. The Hall–Kier alpha value is -4.48. The molecule has 11 nitrogen and oxygen atoms in total. The fourth-order valence-corrected chi connectivity index (χ4v) is 5.15. The zero-order valence-electron chi connectivity index (χ0n) is 21.5. The predicted molar refractivity (Wildman–Crippen MR) is 143 cm³/mol. The van der Waals surface area contributed by atoms with Crippen LogP contribution in [-0.4, -0.2) is 73.9 Å². The van der Waals surface area contributed by atoms with Crippen LogP contribution in [0.4, 0.5) is 0 Å². The lowest BCUT2D eigenvalue weighted by molar-refractivity contribution is 0.0608. The third-order valence-electron chi connectivity index (χ3n) is 7.22. The molecule has 5 rings (SSSR count). The normalized spacial score (nSPS) is 18.6. The summed E-state index contributed by atoms with van der Waals surface area (Å²) in [7, 11) is 0. The highest BCUT2D eigenvalue weighted by atomic mass is 16.5. The smallest absolute Gasteiger partial charge is 0.201 e. The number of imidazole rings is 1. The molecule has 5 heterocycles. The fraction of sp³-hybridized carbons (Fsp3) is 0.407. The molecule has 2 saturated heterocycles. The summed E-state index contributed by atoms with van der Waals surface area (Å²) in [5, 5.41) is 22.8. The molecule has 11 heteroatoms. The molecule has 0 aromatic carbocycles. The third-order valence-corrected chi connectivity index (χ3v) is 7.22. The summed E-state index contributed by atoms with van der Waals surface area (Å²) >= 11 is 0. The second-order valence-electron chi connectivity index (χ2n) is 9.66. The molecule has 0 amide bonds. The van der Waals surface area contributed by atoms with Crippen molar-refractivity contribution < 1.29 is 4.74 Å². The molecule has 1 atom stereocenters. The van der Waals surface area contributed by atoms with Crippen LogP contribution in [0.3, 0.4) is 0 Å². The Kier molecular flexibility index (Phi) is 7.20. The van der Waals surface area contributed by atoms with Gasteiger partial charge in [0, 0.05) is 50.0 Å². The summed E-state index contributed by atoms with van der Waals surface area (Å²) in [5.74, 6) is 6.31. The minimum Gasteiger partial charge on any atom is -0.469 e. The second kappa shape index (κ2) is 10.9. The third kappa shape index (κ3) is 5.01. The number of likely N-dealkylation sites (tertiary alicyclic amines) is 2. The number of rotatable bonds is 7. The van der Waals surface area contributed by atoms with E-state index in [1.165, 1.54) is 6.20 Å². The van der Waals surface area contributed by atoms with Gasteiger partial charge in [0.15, 0.2) is 6.19 Å². The number of ether oxygens (including phenoxy) is 1. The maximum Gasteiger partial charge on any atom is 0.201 e. The van der Waals surface area contributed by atoms with E-state index in [-0.39, 0.29) is 12.1 Å². The van der Waals surface area contributed by atoms with Crippen molar-refractivity contribution in [3.63, 3.8) is 0 Å². The van der Waals surface area contributed by atoms with E-state index in [9.17, 15) is 5.26 Å². The topological polar surface area (TPSA) is 144 Å². The van der Waals surface area contributed by atoms with Crippen LogP contribution >= 0.6 is 0 Å². The van der Waals surface area contributed by atoms with Crippen LogP contribution in [-0.2, 0) is 0 Å². The van der Waals surface area contributed by atoms with Gasteiger partial charge in [0.2, 0.25) is 5.88 Å². The van der Waals surface area contributed by atoms with Crippen molar-refractivity contribution >= 4 is 17.1 Å². The largest absolute Gasteiger partial charge is 0.469 e. The SMILES string of the molecule is CC(=NC1CN(C2CCN(C#N)CC2)C1)/C(=N\N)c1cc(OC(C)c2ccccn2)n2c(C#N)cnc2c1. The maximum atomic E-state index is 9.62. The van der Waals surface area contributed by atoms with Gasteiger partial charge in [-0.25, -0.2) is 4.98 Å². The van der Waals surface area contributed by atoms with Crippen molar-refractivity contribution in [1.29, 1.82) is 10.5 Å². The molecule has 2 N–H and O–H groups in total. The average Bonchev–Trinajstić information content (AvgIpc) is 3.35. The molecule has 38 heavy (non-hydrogen) atoms. The number of hydrazone groups is 1. The van der Waals surface area contributed by atoms with E-state index >= 15 is 0 Å². The first kappa shape index (κ1) is 25.2. The zero-order valence-corrected chi connectivity index (χ0v) is 21.5. The Morgan fingerprint density at radius 2 is 1.97 bits per heavy atom. The number of hydrogen-bond donors (Lipinski definition) is 1. The van der Waals surface area contributed by atoms with Gasteiger partial charge in [-0.05, 0) is 44.9 Å². The summed E-state index contributed by atoms with van der Waals surface area (Å²) in [6.45, 7) is 7.22. The molecule has 0 aliphatic carbocycles. The minimum atomic E-state index is -0.363. The van der Waals surface area contributed by atoms with E-state index in [2.05, 4.69) is 32.2 Å². The van der Waals surface area contributed by atoms with Gasteiger partial charge in [-0.2, -0.15) is 15.6 Å². The molecule has 194 valence electrons. The van der Waals surface area contributed by atoms with Crippen LogP contribution in [0.15, 0.2) is 52.8 Å². The van der Waals surface area contributed by atoms with E-state index in [1.807, 2.05) is 49.1 Å². The van der Waals surface area contributed by atoms with Crippen LogP contribution in [0.25, 0.3) is 5.65 Å². The Morgan fingerprint density at radius 1 is 1.18 bits per heavy atom. The van der Waals surface area contributed by atoms with E-state index in [0.717, 1.165) is 50.4 Å². The Bertz CT molecular complexity index is 1430. The van der Waals surface area contributed by atoms with Gasteiger partial charge >= 0.3 is 0 Å². The first-order valence-electron chi connectivity index (χ1n) is 12.7. The number of piperidine rings is 1. The van der Waals surface area contributed by atoms with Crippen molar-refractivity contribution in [2.24, 2.45) is 15.9 Å². The van der Waals surface area contributed by atoms with Gasteiger partial charge in [0.25, 0.3) is 0 Å². The van der Waals surface area contributed by atoms with Gasteiger partial charge in [-0.1, -0.05) is 6.07 Å². The molecular weight excluding hydrogens is 480 g/mol. The zero-order chi connectivity index (χ0) is 26.6. The van der Waals surface area contributed by atoms with Crippen molar-refractivity contribution in [3.8, 4) is 18.1 Å². The molecule has 3 aromatic heterocycles. The van der Waals surface area contributed by atoms with Crippen LogP contribution in [0.5, 0.6) is 5.88 Å². The van der Waals surface area contributed by atoms with Crippen LogP contribution in [0, 0.1) is 22.8 Å². The van der Waals surface area contributed by atoms with Crippen molar-refractivity contribution in [1.82, 2.24) is 24.2 Å². The standard InChI is InChI=1S/C27H30N10O/c1-18(33-21-15-36(16-21)22-6-9-35(17-29)10-7-22)27(34-30)20-11-25-32-14-23(13-28)37(25)26(12-20)38-19(2)24-5-3-4-8-31-24/h3-5,8,11-12,14,19,21-22H,6-7,9-10,15-16,30H2,1-2H3/b33-18?,34-27+. The van der Waals surface area contributed by atoms with E-state index in [4.69, 9.17) is 20.8 Å². The second-order valence-corrected chi connectivity index (χ2v) is 9.66. The highest BCUT2D eigenvalue weighted by molar-refractivity contribution is 6.47. The maximum absolute atomic E-state index is 9.62. The van der Waals surface area contributed by atoms with Crippen LogP contribution in [0.1, 0.15) is 49.7 Å². The van der Waals surface area contributed by atoms with Crippen molar-refractivity contribution in [2.45, 2.75) is 44.9 Å². The number of pyridine rings is 2. The van der Waals surface area contributed by atoms with Gasteiger partial charge < -0.3 is 15.5 Å². The predicted octanol–water partition coefficient (Wildman–Crippen LogP) is 2.49. The number of nitrogens with two attached hydrogens (primary N) is 1. The molecule has 3 aromatic rings. The minimum absolute atomic E-state index is 0.168. The number of aliphatic imine (C=N–C) groups is 1. The van der Waals surface area contributed by atoms with Crippen molar-refractivity contribution in [2.75, 3.05) is 26.2 Å². The Balaban J connectivity index is 1.35. The Labute approximate surface area is 221 Å². The molecule has 1 unspecified atom stereocenters. The number of nitrogens with zero attached hydrogens (tertiary/aromatic N) is 9. The number of aromatic nitrogens is 3. The lowest BCUT2D eigenvalue weighted by atomic mass is 9.97. The fourth-order valence-electron chi connectivity index (χ4n) is 5.15. The lowest BCUT2D eigenvalue weighted by Crippen LogP contribution is -2.57. The molecule has 0 radical (unpaired) electrons. The number of hydrogen-bond acceptors (Lipinski definition) is 10. The summed E-state index contributed by atoms with van der Waals surface area (Å²) in [4.78, 5) is 18.0. The number of fused-ring (bicyclic) bond motifs is 1. The molecule has 2 aliphatic rings. The highest BCUT2D eigenvalue weighted by Gasteiger charge is 2.34. The summed E-state index contributed by atoms with van der Waals surface area (Å²) in [6, 6.07) is 12.1. The lowest BCUT2D eigenvalue weighted by Gasteiger charge is -2.45. The van der Waals surface area contributed by atoms with E-state index in [1.54, 1.807) is 10.6 Å². The molecular formula is C27H30N10O. The average molecular weight is 511 g/mol. The first-order chi connectivity index (χ1) is 18.5. The summed E-state index contributed by atoms with van der Waals surface area (Å²) in [6.07, 6.45) is 7.12. The van der Waals surface area contributed by atoms with Gasteiger partial charge in [0.1, 0.15) is 29.2 Å². The van der Waals surface area contributed by atoms with Crippen LogP contribution in [0.2, 0.25) is 0 Å². The molecule has 0 saturated carbocycles. The number of nitriles is 2. The monoisotopic (exact) mass is 510 g/mol. The Morgan fingerprint density at radius 3 is 2.63 bits per heavy atom.